The molecule has 0 bridgehead atoms. The second-order valence-corrected chi connectivity index (χ2v) is 8.38. The number of rotatable bonds is 4. The molecule has 1 aromatic carbocycles. The van der Waals surface area contributed by atoms with Crippen LogP contribution < -0.4 is 5.32 Å². The zero-order valence-electron chi connectivity index (χ0n) is 18.8. The van der Waals surface area contributed by atoms with Crippen molar-refractivity contribution < 1.29 is 14.6 Å². The molecule has 0 saturated carbocycles. The summed E-state index contributed by atoms with van der Waals surface area (Å²) < 4.78 is 7.00. The van der Waals surface area contributed by atoms with Gasteiger partial charge < -0.3 is 14.7 Å². The normalized spacial score (nSPS) is 11.8. The van der Waals surface area contributed by atoms with Gasteiger partial charge >= 0.3 is 12.1 Å². The molecule has 0 saturated heterocycles. The van der Waals surface area contributed by atoms with E-state index in [2.05, 4.69) is 25.4 Å². The van der Waals surface area contributed by atoms with E-state index in [9.17, 15) is 9.90 Å². The van der Waals surface area contributed by atoms with Crippen LogP contribution in [0.3, 0.4) is 0 Å². The smallest absolute Gasteiger partial charge is 0.412 e. The molecule has 1 amide bonds. The van der Waals surface area contributed by atoms with Crippen molar-refractivity contribution in [3.63, 3.8) is 0 Å². The Morgan fingerprint density at radius 2 is 1.97 bits per heavy atom. The van der Waals surface area contributed by atoms with E-state index in [0.29, 0.717) is 28.2 Å². The van der Waals surface area contributed by atoms with Crippen LogP contribution in [0.2, 0.25) is 0 Å². The Morgan fingerprint density at radius 3 is 2.58 bits per heavy atom. The van der Waals surface area contributed by atoms with E-state index in [1.165, 1.54) is 0 Å². The fourth-order valence-electron chi connectivity index (χ4n) is 2.95. The molecule has 0 unspecified atom stereocenters. The number of nitrogens with zero attached hydrogens (tertiary/aromatic N) is 6. The van der Waals surface area contributed by atoms with Gasteiger partial charge in [-0.1, -0.05) is 0 Å². The third-order valence-corrected chi connectivity index (χ3v) is 4.14. The third kappa shape index (κ3) is 5.08. The van der Waals surface area contributed by atoms with Crippen molar-refractivity contribution in [1.82, 2.24) is 24.6 Å². The average molecular weight is 425 g/mol. The van der Waals surface area contributed by atoms with Crippen molar-refractivity contribution in [2.75, 3.05) is 19.4 Å². The highest BCUT2D eigenvalue weighted by atomic mass is 16.6. The Balaban J connectivity index is 2.05. The molecule has 0 atom stereocenters. The number of carbonyl (C=O) groups is 1. The fourth-order valence-corrected chi connectivity index (χ4v) is 2.95. The summed E-state index contributed by atoms with van der Waals surface area (Å²) in [5.74, 6) is 0.298. The van der Waals surface area contributed by atoms with Crippen LogP contribution in [0.1, 0.15) is 32.0 Å². The molecule has 0 radical (unpaired) electrons. The molecular weight excluding hydrogens is 398 g/mol. The number of anilines is 1. The van der Waals surface area contributed by atoms with Crippen LogP contribution >= 0.6 is 0 Å². The molecule has 2 heterocycles. The minimum absolute atomic E-state index is 0.298. The Bertz CT molecular complexity index is 1160. The minimum Gasteiger partial charge on any atom is -0.479 e. The third-order valence-electron chi connectivity index (χ3n) is 4.14. The van der Waals surface area contributed by atoms with Crippen LogP contribution in [0.25, 0.3) is 16.7 Å². The zero-order valence-corrected chi connectivity index (χ0v) is 18.8. The molecule has 3 rings (SSSR count). The predicted molar refractivity (Wildman–Crippen MR) is 119 cm³/mol. The number of benzene rings is 1. The first-order valence-electron chi connectivity index (χ1n) is 9.72. The van der Waals surface area contributed by atoms with Crippen LogP contribution in [0.4, 0.5) is 16.3 Å². The highest BCUT2D eigenvalue weighted by Gasteiger charge is 2.20. The summed E-state index contributed by atoms with van der Waals surface area (Å²) in [6, 6.07) is 5.06. The van der Waals surface area contributed by atoms with E-state index in [-0.39, 0.29) is 6.01 Å². The summed E-state index contributed by atoms with van der Waals surface area (Å²) >= 11 is 0. The van der Waals surface area contributed by atoms with Crippen molar-refractivity contribution in [2.24, 2.45) is 4.99 Å². The number of fused-ring (bicyclic) bond motifs is 1. The fraction of sp³-hybridized carbons (Fsp3) is 0.381. The molecule has 0 aliphatic heterocycles. The lowest BCUT2D eigenvalue weighted by molar-refractivity contribution is 0.0636. The average Bonchev–Trinajstić information content (AvgIpc) is 2.94. The predicted octanol–water partition coefficient (Wildman–Crippen LogP) is 3.71. The van der Waals surface area contributed by atoms with E-state index in [1.54, 1.807) is 28.9 Å². The maximum Gasteiger partial charge on any atom is 0.412 e. The Labute approximate surface area is 180 Å². The van der Waals surface area contributed by atoms with E-state index < -0.39 is 11.7 Å². The highest BCUT2D eigenvalue weighted by Crippen LogP contribution is 2.31. The van der Waals surface area contributed by atoms with Crippen molar-refractivity contribution >= 4 is 35.0 Å². The van der Waals surface area contributed by atoms with Gasteiger partial charge in [0.05, 0.1) is 17.7 Å². The first-order valence-corrected chi connectivity index (χ1v) is 9.72. The largest absolute Gasteiger partial charge is 0.479 e. The quantitative estimate of drug-likeness (QED) is 0.483. The summed E-state index contributed by atoms with van der Waals surface area (Å²) in [4.78, 5) is 26.4. The second-order valence-electron chi connectivity index (χ2n) is 8.38. The number of aromatic nitrogens is 4. The number of hydrogen-bond acceptors (Lipinski definition) is 7. The molecule has 0 fully saturated rings. The highest BCUT2D eigenvalue weighted by molar-refractivity contribution is 5.90. The first-order chi connectivity index (χ1) is 14.4. The summed E-state index contributed by atoms with van der Waals surface area (Å²) in [5.41, 5.74) is 3.35. The molecule has 10 nitrogen and oxygen atoms in total. The molecule has 0 spiro atoms. The number of nitrogens with one attached hydrogen (secondary N) is 1. The van der Waals surface area contributed by atoms with Crippen LogP contribution in [0.5, 0.6) is 6.01 Å². The lowest BCUT2D eigenvalue weighted by Gasteiger charge is -2.20. The number of carbonyl (C=O) groups excluding carboxylic acids is 1. The van der Waals surface area contributed by atoms with Crippen LogP contribution in [0.15, 0.2) is 23.2 Å². The summed E-state index contributed by atoms with van der Waals surface area (Å²) in [6.07, 6.45) is 1.07. The molecule has 2 N–H and O–H groups in total. The number of hydrogen-bond donors (Lipinski definition) is 2. The molecule has 0 aliphatic carbocycles. The number of ether oxygens (including phenoxy) is 1. The van der Waals surface area contributed by atoms with E-state index in [0.717, 1.165) is 11.3 Å². The van der Waals surface area contributed by atoms with Gasteiger partial charge in [0.15, 0.2) is 5.82 Å². The van der Waals surface area contributed by atoms with Gasteiger partial charge in [-0.05, 0) is 58.4 Å². The van der Waals surface area contributed by atoms with Crippen LogP contribution in [-0.4, -0.2) is 61.9 Å². The maximum absolute atomic E-state index is 12.1. The summed E-state index contributed by atoms with van der Waals surface area (Å²) in [7, 11) is 3.68. The van der Waals surface area contributed by atoms with Crippen LogP contribution in [-0.2, 0) is 4.74 Å². The Hall–Kier alpha value is -3.69. The van der Waals surface area contributed by atoms with E-state index in [1.807, 2.05) is 53.9 Å². The van der Waals surface area contributed by atoms with Crippen molar-refractivity contribution in [2.45, 2.75) is 40.2 Å². The molecule has 10 heteroatoms. The monoisotopic (exact) mass is 425 g/mol. The van der Waals surface area contributed by atoms with Crippen LogP contribution in [0, 0.1) is 13.8 Å². The molecule has 164 valence electrons. The topological polar surface area (TPSA) is 118 Å². The SMILES string of the molecule is Cc1cc(NC(=O)OC(C)(C)C)ccc1-n1nc(C)c2nc(O)nc(/N=C/N(C)C)c21. The number of aliphatic imine (C=N–C) groups is 1. The zero-order chi connectivity index (χ0) is 22.9. The van der Waals surface area contributed by atoms with E-state index >= 15 is 0 Å². The Kier molecular flexibility index (Phi) is 5.83. The van der Waals surface area contributed by atoms with Gasteiger partial charge in [0.2, 0.25) is 0 Å². The lowest BCUT2D eigenvalue weighted by Crippen LogP contribution is -2.27. The van der Waals surface area contributed by atoms with Gasteiger partial charge in [-0.2, -0.15) is 15.1 Å². The van der Waals surface area contributed by atoms with Crippen molar-refractivity contribution in [3.8, 4) is 11.7 Å². The lowest BCUT2D eigenvalue weighted by atomic mass is 10.1. The molecule has 0 aliphatic rings. The van der Waals surface area contributed by atoms with Gasteiger partial charge in [0.1, 0.15) is 16.6 Å². The van der Waals surface area contributed by atoms with Gasteiger partial charge in [0.25, 0.3) is 0 Å². The maximum atomic E-state index is 12.1. The van der Waals surface area contributed by atoms with E-state index in [4.69, 9.17) is 4.74 Å². The number of aromatic hydroxyl groups is 1. The molecule has 2 aromatic heterocycles. The van der Waals surface area contributed by atoms with Gasteiger partial charge in [0, 0.05) is 19.8 Å². The second kappa shape index (κ2) is 8.21. The molecule has 31 heavy (non-hydrogen) atoms. The standard InChI is InChI=1S/C21H27N7O3/c1-12-10-14(23-20(30)31-21(3,4)5)8-9-15(12)28-17-16(13(2)26-28)24-19(29)25-18(17)22-11-27(6)7/h8-11H,1-7H3,(H,23,30)(H,24,25,29)/b22-11+. The Morgan fingerprint density at radius 1 is 1.26 bits per heavy atom. The van der Waals surface area contributed by atoms with Crippen molar-refractivity contribution in [3.05, 3.63) is 29.5 Å². The minimum atomic E-state index is -0.584. The number of aryl methyl sites for hydroxylation is 2. The van der Waals surface area contributed by atoms with Gasteiger partial charge in [-0.3, -0.25) is 5.32 Å². The first kappa shape index (κ1) is 22.0. The number of amides is 1. The summed E-state index contributed by atoms with van der Waals surface area (Å²) in [5, 5.41) is 17.3. The summed E-state index contributed by atoms with van der Waals surface area (Å²) in [6.45, 7) is 9.13. The molecular formula is C21H27N7O3. The van der Waals surface area contributed by atoms with Gasteiger partial charge in [-0.25, -0.2) is 14.5 Å². The van der Waals surface area contributed by atoms with Crippen molar-refractivity contribution in [1.29, 1.82) is 0 Å². The molecule has 3 aromatic rings. The van der Waals surface area contributed by atoms with Gasteiger partial charge in [-0.15, -0.1) is 0 Å².